The molecule has 0 unspecified atom stereocenters. The van der Waals surface area contributed by atoms with E-state index < -0.39 is 0 Å². The van der Waals surface area contributed by atoms with Crippen LogP contribution < -0.4 is 4.90 Å². The summed E-state index contributed by atoms with van der Waals surface area (Å²) in [6.07, 6.45) is 5.65. The molecule has 0 spiro atoms. The third kappa shape index (κ3) is 3.56. The molecule has 1 aliphatic heterocycles. The van der Waals surface area contributed by atoms with E-state index in [1.807, 2.05) is 36.3 Å². The molecule has 0 saturated carbocycles. The first kappa shape index (κ1) is 16.8. The predicted octanol–water partition coefficient (Wildman–Crippen LogP) is 2.63. The minimum absolute atomic E-state index is 0.0429. The first-order valence-electron chi connectivity index (χ1n) is 8.45. The van der Waals surface area contributed by atoms with Crippen molar-refractivity contribution in [1.29, 1.82) is 0 Å². The Balaban J connectivity index is 1.71. The molecule has 0 aromatic carbocycles. The minimum atomic E-state index is 0.0429. The number of piperidine rings is 1. The number of hydrogen-bond acceptors (Lipinski definition) is 6. The second kappa shape index (κ2) is 7.70. The molecule has 1 atom stereocenters. The quantitative estimate of drug-likeness (QED) is 0.833. The number of amides is 1. The maximum atomic E-state index is 12.9. The molecule has 1 amide bonds. The van der Waals surface area contributed by atoms with Crippen LogP contribution in [0.3, 0.4) is 0 Å². The third-order valence-electron chi connectivity index (χ3n) is 4.47. The third-order valence-corrected chi connectivity index (χ3v) is 5.23. The van der Waals surface area contributed by atoms with Gasteiger partial charge in [-0.3, -0.25) is 4.79 Å². The van der Waals surface area contributed by atoms with Crippen LogP contribution in [0.25, 0.3) is 0 Å². The van der Waals surface area contributed by atoms with E-state index in [1.165, 1.54) is 11.5 Å². The van der Waals surface area contributed by atoms with Crippen LogP contribution in [0, 0.1) is 0 Å². The van der Waals surface area contributed by atoms with Gasteiger partial charge in [-0.05, 0) is 42.9 Å². The summed E-state index contributed by atoms with van der Waals surface area (Å²) >= 11 is 1.21. The second-order valence-corrected chi connectivity index (χ2v) is 6.90. The smallest absolute Gasteiger partial charge is 0.267 e. The molecule has 3 heterocycles. The van der Waals surface area contributed by atoms with Gasteiger partial charge in [0.1, 0.15) is 10.7 Å². The van der Waals surface area contributed by atoms with Crippen molar-refractivity contribution in [3.05, 3.63) is 35.0 Å². The van der Waals surface area contributed by atoms with Crippen LogP contribution in [0.15, 0.2) is 24.4 Å². The molecule has 2 aromatic heterocycles. The van der Waals surface area contributed by atoms with Gasteiger partial charge in [-0.2, -0.15) is 0 Å². The number of nitrogens with zero attached hydrogens (tertiary/aromatic N) is 5. The number of anilines is 1. The number of pyridine rings is 1. The summed E-state index contributed by atoms with van der Waals surface area (Å²) in [5.74, 6) is 1.02. The molecule has 6 nitrogen and oxygen atoms in total. The Hall–Kier alpha value is -2.02. The van der Waals surface area contributed by atoms with Crippen LogP contribution in [-0.4, -0.2) is 51.6 Å². The lowest BCUT2D eigenvalue weighted by Gasteiger charge is -2.38. The average molecular weight is 345 g/mol. The van der Waals surface area contributed by atoms with Crippen LogP contribution in [0.2, 0.25) is 0 Å². The minimum Gasteiger partial charge on any atom is -0.355 e. The zero-order chi connectivity index (χ0) is 16.9. The Morgan fingerprint density at radius 2 is 2.33 bits per heavy atom. The highest BCUT2D eigenvalue weighted by Gasteiger charge is 2.29. The van der Waals surface area contributed by atoms with Crippen LogP contribution in [0.4, 0.5) is 5.82 Å². The Morgan fingerprint density at radius 3 is 3.08 bits per heavy atom. The van der Waals surface area contributed by atoms with E-state index in [0.29, 0.717) is 4.88 Å². The van der Waals surface area contributed by atoms with Crippen LogP contribution in [-0.2, 0) is 6.42 Å². The van der Waals surface area contributed by atoms with Crippen molar-refractivity contribution in [1.82, 2.24) is 19.5 Å². The van der Waals surface area contributed by atoms with Gasteiger partial charge in [-0.1, -0.05) is 23.9 Å². The van der Waals surface area contributed by atoms with Crippen molar-refractivity contribution >= 4 is 23.3 Å². The lowest BCUT2D eigenvalue weighted by Crippen LogP contribution is -2.48. The topological polar surface area (TPSA) is 62.2 Å². The molecule has 7 heteroatoms. The number of aryl methyl sites for hydroxylation is 1. The maximum Gasteiger partial charge on any atom is 0.267 e. The molecule has 24 heavy (non-hydrogen) atoms. The van der Waals surface area contributed by atoms with E-state index in [-0.39, 0.29) is 11.9 Å². The fourth-order valence-corrected chi connectivity index (χ4v) is 3.81. The molecule has 0 bridgehead atoms. The fourth-order valence-electron chi connectivity index (χ4n) is 3.12. The van der Waals surface area contributed by atoms with E-state index in [4.69, 9.17) is 0 Å². The van der Waals surface area contributed by atoms with Gasteiger partial charge in [-0.25, -0.2) is 4.98 Å². The largest absolute Gasteiger partial charge is 0.355 e. The monoisotopic (exact) mass is 345 g/mol. The first-order valence-corrected chi connectivity index (χ1v) is 9.22. The first-order chi connectivity index (χ1) is 11.7. The summed E-state index contributed by atoms with van der Waals surface area (Å²) in [6, 6.07) is 6.13. The molecule has 1 saturated heterocycles. The Bertz CT molecular complexity index is 675. The molecular weight excluding hydrogens is 322 g/mol. The van der Waals surface area contributed by atoms with Gasteiger partial charge in [-0.15, -0.1) is 5.10 Å². The highest BCUT2D eigenvalue weighted by Crippen LogP contribution is 2.23. The number of carbonyl (C=O) groups excluding carboxylic acids is 1. The summed E-state index contributed by atoms with van der Waals surface area (Å²) in [6.45, 7) is 3.89. The summed E-state index contributed by atoms with van der Waals surface area (Å²) < 4.78 is 3.98. The van der Waals surface area contributed by atoms with E-state index in [1.54, 1.807) is 0 Å². The van der Waals surface area contributed by atoms with E-state index in [9.17, 15) is 4.79 Å². The van der Waals surface area contributed by atoms with Gasteiger partial charge < -0.3 is 9.80 Å². The van der Waals surface area contributed by atoms with Crippen LogP contribution >= 0.6 is 11.5 Å². The van der Waals surface area contributed by atoms with Crippen molar-refractivity contribution in [3.8, 4) is 0 Å². The molecule has 0 radical (unpaired) electrons. The number of aromatic nitrogens is 3. The molecule has 0 N–H and O–H groups in total. The van der Waals surface area contributed by atoms with Gasteiger partial charge >= 0.3 is 0 Å². The highest BCUT2D eigenvalue weighted by atomic mass is 32.1. The number of carbonyl (C=O) groups is 1. The van der Waals surface area contributed by atoms with Gasteiger partial charge in [0.25, 0.3) is 5.91 Å². The zero-order valence-electron chi connectivity index (χ0n) is 14.2. The van der Waals surface area contributed by atoms with Gasteiger partial charge in [0, 0.05) is 32.4 Å². The predicted molar refractivity (Wildman–Crippen MR) is 95.5 cm³/mol. The number of likely N-dealkylation sites (N-methyl/N-ethyl adjacent to an activating group) is 1. The van der Waals surface area contributed by atoms with E-state index in [2.05, 4.69) is 26.4 Å². The number of rotatable bonds is 5. The standard InChI is InChI=1S/C17H23N5OS/c1-3-7-14-16(24-20-19-14)17(23)21(2)13-8-6-11-22(12-13)15-9-4-5-10-18-15/h4-5,9-10,13H,3,6-8,11-12H2,1-2H3/t13-/m1/s1. The van der Waals surface area contributed by atoms with E-state index in [0.717, 1.165) is 50.3 Å². The Kier molecular flexibility index (Phi) is 5.40. The SMILES string of the molecule is CCCc1nnsc1C(=O)N(C)[C@@H]1CCCN(c2ccccn2)C1. The van der Waals surface area contributed by atoms with Crippen molar-refractivity contribution in [2.45, 2.75) is 38.6 Å². The molecular formula is C17H23N5OS. The van der Waals surface area contributed by atoms with Crippen LogP contribution in [0.5, 0.6) is 0 Å². The molecule has 128 valence electrons. The van der Waals surface area contributed by atoms with Gasteiger partial charge in [0.15, 0.2) is 0 Å². The summed E-state index contributed by atoms with van der Waals surface area (Å²) in [5, 5.41) is 4.12. The summed E-state index contributed by atoms with van der Waals surface area (Å²) in [5.41, 5.74) is 0.830. The Morgan fingerprint density at radius 1 is 1.46 bits per heavy atom. The molecule has 0 aliphatic carbocycles. The Labute approximate surface area is 146 Å². The van der Waals surface area contributed by atoms with Crippen molar-refractivity contribution in [2.24, 2.45) is 0 Å². The molecule has 1 aliphatic rings. The second-order valence-electron chi connectivity index (χ2n) is 6.14. The normalized spacial score (nSPS) is 17.8. The molecule has 1 fully saturated rings. The van der Waals surface area contributed by atoms with Gasteiger partial charge in [0.05, 0.1) is 5.69 Å². The molecule has 3 rings (SSSR count). The fraction of sp³-hybridized carbons (Fsp3) is 0.529. The summed E-state index contributed by atoms with van der Waals surface area (Å²) in [4.78, 5) is 22.1. The summed E-state index contributed by atoms with van der Waals surface area (Å²) in [7, 11) is 1.89. The highest BCUT2D eigenvalue weighted by molar-refractivity contribution is 7.08. The average Bonchev–Trinajstić information content (AvgIpc) is 3.10. The van der Waals surface area contributed by atoms with Crippen molar-refractivity contribution in [3.63, 3.8) is 0 Å². The number of hydrogen-bond donors (Lipinski definition) is 0. The van der Waals surface area contributed by atoms with Gasteiger partial charge in [0.2, 0.25) is 0 Å². The zero-order valence-corrected chi connectivity index (χ0v) is 15.0. The van der Waals surface area contributed by atoms with E-state index >= 15 is 0 Å². The lowest BCUT2D eigenvalue weighted by atomic mass is 10.0. The van der Waals surface area contributed by atoms with Crippen molar-refractivity contribution < 1.29 is 4.79 Å². The molecule has 2 aromatic rings. The lowest BCUT2D eigenvalue weighted by molar-refractivity contribution is 0.0721. The van der Waals surface area contributed by atoms with Crippen molar-refractivity contribution in [2.75, 3.05) is 25.0 Å². The maximum absolute atomic E-state index is 12.9. The van der Waals surface area contributed by atoms with Crippen LogP contribution in [0.1, 0.15) is 41.6 Å².